The Kier molecular flexibility index (Phi) is 7.82. The predicted octanol–water partition coefficient (Wildman–Crippen LogP) is 4.45. The van der Waals surface area contributed by atoms with Crippen LogP contribution in [0.1, 0.15) is 48.3 Å². The van der Waals surface area contributed by atoms with Crippen molar-refractivity contribution >= 4 is 11.8 Å². The second kappa shape index (κ2) is 11.0. The smallest absolute Gasteiger partial charge is 0.279 e. The van der Waals surface area contributed by atoms with Crippen LogP contribution in [0, 0.1) is 11.3 Å². The Bertz CT molecular complexity index is 1140. The van der Waals surface area contributed by atoms with Crippen LogP contribution in [0.25, 0.3) is 0 Å². The number of aromatic nitrogens is 2. The molecule has 1 aromatic heterocycles. The van der Waals surface area contributed by atoms with Crippen LogP contribution in [0.15, 0.2) is 54.6 Å². The standard InChI is InChI=1S/C25H26N4O4/c1-4-5-14-32-24-15-23(28(3)27-24)25(31)29(18(2)30)17-20-8-12-22(13-9-20)33-21-10-6-19(16-26)7-11-21/h6-13,15H,4-5,14,17H2,1-3H3. The second-order valence-electron chi connectivity index (χ2n) is 7.49. The molecule has 8 nitrogen and oxygen atoms in total. The van der Waals surface area contributed by atoms with E-state index in [-0.39, 0.29) is 18.1 Å². The van der Waals surface area contributed by atoms with E-state index in [0.717, 1.165) is 18.4 Å². The van der Waals surface area contributed by atoms with Crippen LogP contribution in [0.3, 0.4) is 0 Å². The zero-order chi connectivity index (χ0) is 23.8. The van der Waals surface area contributed by atoms with Gasteiger partial charge in [-0.2, -0.15) is 5.26 Å². The van der Waals surface area contributed by atoms with Crippen molar-refractivity contribution in [3.8, 4) is 23.4 Å². The van der Waals surface area contributed by atoms with E-state index >= 15 is 0 Å². The first-order valence-corrected chi connectivity index (χ1v) is 10.7. The van der Waals surface area contributed by atoms with Gasteiger partial charge < -0.3 is 9.47 Å². The number of benzene rings is 2. The molecule has 2 amide bonds. The highest BCUT2D eigenvalue weighted by Gasteiger charge is 2.24. The maximum atomic E-state index is 13.1. The van der Waals surface area contributed by atoms with Gasteiger partial charge in [0.05, 0.1) is 24.8 Å². The average Bonchev–Trinajstić information content (AvgIpc) is 3.19. The van der Waals surface area contributed by atoms with Crippen molar-refractivity contribution in [1.29, 1.82) is 5.26 Å². The number of hydrogen-bond acceptors (Lipinski definition) is 6. The molecule has 0 aliphatic rings. The number of ether oxygens (including phenoxy) is 2. The summed E-state index contributed by atoms with van der Waals surface area (Å²) in [7, 11) is 1.65. The molecule has 1 heterocycles. The summed E-state index contributed by atoms with van der Waals surface area (Å²) in [4.78, 5) is 26.5. The van der Waals surface area contributed by atoms with Gasteiger partial charge in [-0.1, -0.05) is 25.5 Å². The fraction of sp³-hybridized carbons (Fsp3) is 0.280. The highest BCUT2D eigenvalue weighted by molar-refractivity contribution is 6.03. The molecule has 0 N–H and O–H groups in total. The van der Waals surface area contributed by atoms with E-state index in [1.54, 1.807) is 61.6 Å². The molecule has 170 valence electrons. The minimum atomic E-state index is -0.444. The average molecular weight is 447 g/mol. The van der Waals surface area contributed by atoms with Gasteiger partial charge in [-0.05, 0) is 48.4 Å². The minimum absolute atomic E-state index is 0.114. The van der Waals surface area contributed by atoms with Crippen molar-refractivity contribution in [3.05, 3.63) is 71.4 Å². The van der Waals surface area contributed by atoms with Crippen molar-refractivity contribution in [2.75, 3.05) is 6.61 Å². The molecule has 0 fully saturated rings. The van der Waals surface area contributed by atoms with Crippen LogP contribution in [-0.4, -0.2) is 33.1 Å². The molecule has 0 radical (unpaired) electrons. The maximum absolute atomic E-state index is 13.1. The summed E-state index contributed by atoms with van der Waals surface area (Å²) in [6.07, 6.45) is 1.89. The van der Waals surface area contributed by atoms with Gasteiger partial charge >= 0.3 is 0 Å². The number of carbonyl (C=O) groups excluding carboxylic acids is 2. The zero-order valence-corrected chi connectivity index (χ0v) is 18.9. The fourth-order valence-corrected chi connectivity index (χ4v) is 3.08. The van der Waals surface area contributed by atoms with E-state index in [1.165, 1.54) is 16.5 Å². The van der Waals surface area contributed by atoms with E-state index in [9.17, 15) is 9.59 Å². The third-order valence-corrected chi connectivity index (χ3v) is 4.93. The van der Waals surface area contributed by atoms with Crippen molar-refractivity contribution in [2.24, 2.45) is 7.05 Å². The van der Waals surface area contributed by atoms with Gasteiger partial charge in [0.25, 0.3) is 5.91 Å². The van der Waals surface area contributed by atoms with Gasteiger partial charge in [0, 0.05) is 20.0 Å². The highest BCUT2D eigenvalue weighted by atomic mass is 16.5. The third kappa shape index (κ3) is 6.20. The molecule has 0 unspecified atom stereocenters. The molecule has 0 aliphatic carbocycles. The Hall–Kier alpha value is -4.12. The summed E-state index contributed by atoms with van der Waals surface area (Å²) < 4.78 is 12.8. The summed E-state index contributed by atoms with van der Waals surface area (Å²) >= 11 is 0. The first-order chi connectivity index (χ1) is 15.9. The third-order valence-electron chi connectivity index (χ3n) is 4.93. The zero-order valence-electron chi connectivity index (χ0n) is 18.9. The lowest BCUT2D eigenvalue weighted by Crippen LogP contribution is -2.35. The lowest BCUT2D eigenvalue weighted by molar-refractivity contribution is -0.126. The molecule has 0 saturated heterocycles. The van der Waals surface area contributed by atoms with E-state index in [2.05, 4.69) is 18.1 Å². The van der Waals surface area contributed by atoms with Crippen LogP contribution in [-0.2, 0) is 18.4 Å². The number of hydrogen-bond donors (Lipinski definition) is 0. The lowest BCUT2D eigenvalue weighted by Gasteiger charge is -2.19. The quantitative estimate of drug-likeness (QED) is 0.451. The molecule has 0 saturated carbocycles. The van der Waals surface area contributed by atoms with Crippen molar-refractivity contribution < 1.29 is 19.1 Å². The van der Waals surface area contributed by atoms with Gasteiger partial charge in [-0.3, -0.25) is 19.2 Å². The monoisotopic (exact) mass is 446 g/mol. The van der Waals surface area contributed by atoms with Crippen molar-refractivity contribution in [1.82, 2.24) is 14.7 Å². The fourth-order valence-electron chi connectivity index (χ4n) is 3.08. The molecule has 0 spiro atoms. The van der Waals surface area contributed by atoms with E-state index in [4.69, 9.17) is 14.7 Å². The first kappa shape index (κ1) is 23.5. The van der Waals surface area contributed by atoms with Crippen LogP contribution >= 0.6 is 0 Å². The maximum Gasteiger partial charge on any atom is 0.279 e. The van der Waals surface area contributed by atoms with Gasteiger partial charge in [0.15, 0.2) is 0 Å². The number of rotatable bonds is 9. The molecule has 8 heteroatoms. The second-order valence-corrected chi connectivity index (χ2v) is 7.49. The Labute approximate surface area is 193 Å². The van der Waals surface area contributed by atoms with Crippen molar-refractivity contribution in [3.63, 3.8) is 0 Å². The topological polar surface area (TPSA) is 97.5 Å². The molecule has 3 aromatic rings. The Balaban J connectivity index is 1.68. The van der Waals surface area contributed by atoms with Gasteiger partial charge in [0.2, 0.25) is 11.8 Å². The first-order valence-electron chi connectivity index (χ1n) is 10.7. The number of amides is 2. The SMILES string of the molecule is CCCCOc1cc(C(=O)N(Cc2ccc(Oc3ccc(C#N)cc3)cc2)C(C)=O)n(C)n1. The number of unbranched alkanes of at least 4 members (excludes halogenated alkanes) is 1. The summed E-state index contributed by atoms with van der Waals surface area (Å²) in [6, 6.07) is 17.5. The highest BCUT2D eigenvalue weighted by Crippen LogP contribution is 2.23. The number of carbonyl (C=O) groups is 2. The minimum Gasteiger partial charge on any atom is -0.477 e. The molecule has 3 rings (SSSR count). The number of imide groups is 1. The van der Waals surface area contributed by atoms with Crippen LogP contribution < -0.4 is 9.47 Å². The van der Waals surface area contributed by atoms with Crippen LogP contribution in [0.2, 0.25) is 0 Å². The normalized spacial score (nSPS) is 10.4. The summed E-state index contributed by atoms with van der Waals surface area (Å²) in [6.45, 7) is 4.06. The van der Waals surface area contributed by atoms with Gasteiger partial charge in [0.1, 0.15) is 17.2 Å². The molecule has 0 aliphatic heterocycles. The van der Waals surface area contributed by atoms with Crippen LogP contribution in [0.4, 0.5) is 0 Å². The molecular formula is C25H26N4O4. The van der Waals surface area contributed by atoms with E-state index in [0.29, 0.717) is 29.5 Å². The largest absolute Gasteiger partial charge is 0.477 e. The van der Waals surface area contributed by atoms with Gasteiger partial charge in [-0.25, -0.2) is 0 Å². The number of nitrogens with zero attached hydrogens (tertiary/aromatic N) is 4. The van der Waals surface area contributed by atoms with Gasteiger partial charge in [-0.15, -0.1) is 5.10 Å². The van der Waals surface area contributed by atoms with Crippen LogP contribution in [0.5, 0.6) is 17.4 Å². The van der Waals surface area contributed by atoms with Crippen molar-refractivity contribution in [2.45, 2.75) is 33.2 Å². The summed E-state index contributed by atoms with van der Waals surface area (Å²) in [5.41, 5.74) is 1.60. The molecule has 33 heavy (non-hydrogen) atoms. The Morgan fingerprint density at radius 1 is 1.09 bits per heavy atom. The molecule has 0 bridgehead atoms. The summed E-state index contributed by atoms with van der Waals surface area (Å²) in [5.74, 6) is 0.760. The number of aryl methyl sites for hydroxylation is 1. The molecule has 2 aromatic carbocycles. The Morgan fingerprint density at radius 2 is 1.73 bits per heavy atom. The number of nitriles is 1. The lowest BCUT2D eigenvalue weighted by atomic mass is 10.2. The molecule has 0 atom stereocenters. The van der Waals surface area contributed by atoms with E-state index in [1.807, 2.05) is 0 Å². The Morgan fingerprint density at radius 3 is 2.30 bits per heavy atom. The summed E-state index contributed by atoms with van der Waals surface area (Å²) in [5, 5.41) is 13.1. The van der Waals surface area contributed by atoms with E-state index < -0.39 is 5.91 Å². The molecular weight excluding hydrogens is 420 g/mol. The predicted molar refractivity (Wildman–Crippen MR) is 122 cm³/mol.